The van der Waals surface area contributed by atoms with Gasteiger partial charge in [-0.1, -0.05) is 6.92 Å². The lowest BCUT2D eigenvalue weighted by atomic mass is 9.89. The van der Waals surface area contributed by atoms with Gasteiger partial charge in [-0.2, -0.15) is 9.41 Å². The van der Waals surface area contributed by atoms with E-state index in [1.807, 2.05) is 0 Å². The van der Waals surface area contributed by atoms with Crippen molar-refractivity contribution in [1.29, 1.82) is 0 Å². The number of morpholine rings is 1. The number of benzene rings is 1. The second-order valence-electron chi connectivity index (χ2n) is 6.94. The summed E-state index contributed by atoms with van der Waals surface area (Å²) in [4.78, 5) is 10.8. The molecule has 1 aliphatic carbocycles. The maximum atomic E-state index is 12.7. The second-order valence-corrected chi connectivity index (χ2v) is 8.88. The summed E-state index contributed by atoms with van der Waals surface area (Å²) in [6.45, 7) is 3.26. The molecule has 2 aliphatic rings. The van der Waals surface area contributed by atoms with Crippen molar-refractivity contribution >= 4 is 27.1 Å². The number of anilines is 1. The molecular formula is C17H24N4O5S. The lowest BCUT2D eigenvalue weighted by molar-refractivity contribution is -0.384. The van der Waals surface area contributed by atoms with E-state index in [1.54, 1.807) is 0 Å². The topological polar surface area (TPSA) is 114 Å². The summed E-state index contributed by atoms with van der Waals surface area (Å²) in [7, 11) is -3.79. The van der Waals surface area contributed by atoms with Crippen LogP contribution >= 0.6 is 0 Å². The molecule has 1 N–H and O–H groups in total. The van der Waals surface area contributed by atoms with E-state index in [0.29, 0.717) is 19.1 Å². The molecule has 148 valence electrons. The normalized spacial score (nSPS) is 23.3. The molecule has 0 aromatic heterocycles. The SMILES string of the molecule is CC1CCC/C(=N\Nc2ccc(S(=O)(=O)N3CCOCC3)cc2[N+](=O)[O-])C1. The number of ether oxygens (including phenoxy) is 1. The predicted octanol–water partition coefficient (Wildman–Crippen LogP) is 2.59. The number of hydrazone groups is 1. The van der Waals surface area contributed by atoms with Crippen LogP contribution in [0.1, 0.15) is 32.6 Å². The summed E-state index contributed by atoms with van der Waals surface area (Å²) in [5.41, 5.74) is 3.62. The van der Waals surface area contributed by atoms with Crippen LogP contribution < -0.4 is 5.43 Å². The third kappa shape index (κ3) is 4.63. The zero-order valence-corrected chi connectivity index (χ0v) is 16.1. The second kappa shape index (κ2) is 8.32. The molecule has 0 bridgehead atoms. The quantitative estimate of drug-likeness (QED) is 0.604. The lowest BCUT2D eigenvalue weighted by Crippen LogP contribution is -2.40. The molecule has 1 saturated heterocycles. The number of hydrogen-bond donors (Lipinski definition) is 1. The standard InChI is InChI=1S/C17H24N4O5S/c1-13-3-2-4-14(11-13)18-19-16-6-5-15(12-17(16)21(22)23)27(24,25)20-7-9-26-10-8-20/h5-6,12-13,19H,2-4,7-11H2,1H3/b18-14+. The number of nitrogens with zero attached hydrogens (tertiary/aromatic N) is 3. The Kier molecular flexibility index (Phi) is 6.08. The molecule has 2 fully saturated rings. The van der Waals surface area contributed by atoms with Crippen molar-refractivity contribution in [3.05, 3.63) is 28.3 Å². The summed E-state index contributed by atoms with van der Waals surface area (Å²) >= 11 is 0. The molecule has 1 aromatic carbocycles. The summed E-state index contributed by atoms with van der Waals surface area (Å²) in [6, 6.07) is 3.88. The van der Waals surface area contributed by atoms with Gasteiger partial charge in [0.2, 0.25) is 10.0 Å². The van der Waals surface area contributed by atoms with Crippen molar-refractivity contribution in [2.75, 3.05) is 31.7 Å². The highest BCUT2D eigenvalue weighted by Crippen LogP contribution is 2.30. The first-order valence-corrected chi connectivity index (χ1v) is 10.5. The first-order valence-electron chi connectivity index (χ1n) is 9.05. The molecule has 0 amide bonds. The van der Waals surface area contributed by atoms with Gasteiger partial charge in [-0.3, -0.25) is 15.5 Å². The van der Waals surface area contributed by atoms with Gasteiger partial charge < -0.3 is 4.74 Å². The molecule has 0 spiro atoms. The number of hydrogen-bond acceptors (Lipinski definition) is 7. The minimum absolute atomic E-state index is 0.0967. The monoisotopic (exact) mass is 396 g/mol. The Morgan fingerprint density at radius 3 is 2.74 bits per heavy atom. The molecule has 1 atom stereocenters. The average Bonchev–Trinajstić information content (AvgIpc) is 2.67. The van der Waals surface area contributed by atoms with Gasteiger partial charge in [0.15, 0.2) is 0 Å². The Hall–Kier alpha value is -2.04. The van der Waals surface area contributed by atoms with Crippen molar-refractivity contribution in [1.82, 2.24) is 4.31 Å². The van der Waals surface area contributed by atoms with Crippen LogP contribution in [-0.4, -0.2) is 49.7 Å². The molecule has 9 nitrogen and oxygen atoms in total. The minimum atomic E-state index is -3.79. The predicted molar refractivity (Wildman–Crippen MR) is 101 cm³/mol. The molecule has 0 radical (unpaired) electrons. The molecule has 27 heavy (non-hydrogen) atoms. The fourth-order valence-electron chi connectivity index (χ4n) is 3.36. The highest BCUT2D eigenvalue weighted by Gasteiger charge is 2.29. The Labute approximate surface area is 158 Å². The first-order chi connectivity index (χ1) is 12.9. The fourth-order valence-corrected chi connectivity index (χ4v) is 4.78. The van der Waals surface area contributed by atoms with Crippen molar-refractivity contribution in [2.45, 2.75) is 37.5 Å². The van der Waals surface area contributed by atoms with E-state index >= 15 is 0 Å². The van der Waals surface area contributed by atoms with E-state index in [-0.39, 0.29) is 29.4 Å². The molecular weight excluding hydrogens is 372 g/mol. The molecule has 1 aliphatic heterocycles. The van der Waals surface area contributed by atoms with E-state index < -0.39 is 14.9 Å². The summed E-state index contributed by atoms with van der Waals surface area (Å²) < 4.78 is 31.9. The third-order valence-electron chi connectivity index (χ3n) is 4.85. The van der Waals surface area contributed by atoms with Crippen LogP contribution in [0.4, 0.5) is 11.4 Å². The average molecular weight is 396 g/mol. The zero-order chi connectivity index (χ0) is 19.4. The third-order valence-corrected chi connectivity index (χ3v) is 6.75. The Morgan fingerprint density at radius 1 is 1.33 bits per heavy atom. The molecule has 1 aromatic rings. The van der Waals surface area contributed by atoms with Crippen molar-refractivity contribution in [3.63, 3.8) is 0 Å². The maximum absolute atomic E-state index is 12.7. The smallest absolute Gasteiger partial charge is 0.295 e. The fraction of sp³-hybridized carbons (Fsp3) is 0.588. The zero-order valence-electron chi connectivity index (χ0n) is 15.3. The summed E-state index contributed by atoms with van der Waals surface area (Å²) in [5.74, 6) is 0.551. The number of rotatable bonds is 5. The first kappa shape index (κ1) is 19.7. The Morgan fingerprint density at radius 2 is 2.07 bits per heavy atom. The Balaban J connectivity index is 1.84. The summed E-state index contributed by atoms with van der Waals surface area (Å²) in [5, 5.41) is 15.8. The van der Waals surface area contributed by atoms with Gasteiger partial charge in [0.05, 0.1) is 23.0 Å². The molecule has 1 unspecified atom stereocenters. The summed E-state index contributed by atoms with van der Waals surface area (Å²) in [6.07, 6.45) is 3.95. The number of nitrogens with one attached hydrogen (secondary N) is 1. The van der Waals surface area contributed by atoms with E-state index in [2.05, 4.69) is 17.5 Å². The van der Waals surface area contributed by atoms with Crippen LogP contribution in [0.5, 0.6) is 0 Å². The highest BCUT2D eigenvalue weighted by molar-refractivity contribution is 7.89. The van der Waals surface area contributed by atoms with Gasteiger partial charge in [-0.25, -0.2) is 8.42 Å². The van der Waals surface area contributed by atoms with E-state index in [1.165, 1.54) is 16.4 Å². The van der Waals surface area contributed by atoms with Crippen LogP contribution in [0.15, 0.2) is 28.2 Å². The van der Waals surface area contributed by atoms with Crippen LogP contribution in [0.3, 0.4) is 0 Å². The number of nitro benzene ring substituents is 1. The molecule has 3 rings (SSSR count). The van der Waals surface area contributed by atoms with Crippen molar-refractivity contribution < 1.29 is 18.1 Å². The lowest BCUT2D eigenvalue weighted by Gasteiger charge is -2.26. The van der Waals surface area contributed by atoms with Crippen molar-refractivity contribution in [3.8, 4) is 0 Å². The van der Waals surface area contributed by atoms with Gasteiger partial charge in [0.1, 0.15) is 5.69 Å². The maximum Gasteiger partial charge on any atom is 0.295 e. The minimum Gasteiger partial charge on any atom is -0.379 e. The number of sulfonamides is 1. The van der Waals surface area contributed by atoms with Gasteiger partial charge in [-0.15, -0.1) is 0 Å². The van der Waals surface area contributed by atoms with Crippen molar-refractivity contribution in [2.24, 2.45) is 11.0 Å². The van der Waals surface area contributed by atoms with E-state index in [0.717, 1.165) is 37.5 Å². The van der Waals surface area contributed by atoms with Gasteiger partial charge in [0.25, 0.3) is 5.69 Å². The molecule has 1 heterocycles. The molecule has 1 saturated carbocycles. The van der Waals surface area contributed by atoms with E-state index in [9.17, 15) is 18.5 Å². The van der Waals surface area contributed by atoms with Crippen LogP contribution in [0.2, 0.25) is 0 Å². The highest BCUT2D eigenvalue weighted by atomic mass is 32.2. The van der Waals surface area contributed by atoms with Gasteiger partial charge in [0, 0.05) is 24.9 Å². The van der Waals surface area contributed by atoms with Gasteiger partial charge >= 0.3 is 0 Å². The largest absolute Gasteiger partial charge is 0.379 e. The molecule has 10 heteroatoms. The number of nitro groups is 1. The van der Waals surface area contributed by atoms with E-state index in [4.69, 9.17) is 4.74 Å². The Bertz CT molecular complexity index is 834. The van der Waals surface area contributed by atoms with Crippen LogP contribution in [0.25, 0.3) is 0 Å². The van der Waals surface area contributed by atoms with Crippen LogP contribution in [0, 0.1) is 16.0 Å². The van der Waals surface area contributed by atoms with Crippen LogP contribution in [-0.2, 0) is 14.8 Å². The van der Waals surface area contributed by atoms with Gasteiger partial charge in [-0.05, 0) is 43.7 Å².